The quantitative estimate of drug-likeness (QED) is 0.800. The van der Waals surface area contributed by atoms with Gasteiger partial charge in [-0.3, -0.25) is 5.32 Å². The smallest absolute Gasteiger partial charge is 0.418 e. The van der Waals surface area contributed by atoms with Crippen LogP contribution >= 0.6 is 11.3 Å². The van der Waals surface area contributed by atoms with Crippen LogP contribution in [0.2, 0.25) is 0 Å². The van der Waals surface area contributed by atoms with Gasteiger partial charge in [-0.05, 0) is 12.1 Å². The van der Waals surface area contributed by atoms with Crippen LogP contribution in [0.15, 0.2) is 24.3 Å². The second-order valence-electron chi connectivity index (χ2n) is 5.65. The van der Waals surface area contributed by atoms with Gasteiger partial charge in [-0.2, -0.15) is 13.2 Å². The van der Waals surface area contributed by atoms with Crippen LogP contribution in [0.3, 0.4) is 0 Å². The van der Waals surface area contributed by atoms with Crippen molar-refractivity contribution in [3.8, 4) is 0 Å². The van der Waals surface area contributed by atoms with Crippen molar-refractivity contribution < 1.29 is 27.5 Å². The van der Waals surface area contributed by atoms with E-state index in [1.807, 2.05) is 0 Å². The first-order valence-corrected chi connectivity index (χ1v) is 8.65. The molecule has 0 atom stereocenters. The number of hydrogen-bond donors (Lipinski definition) is 2. The average molecular weight is 400 g/mol. The van der Waals surface area contributed by atoms with Gasteiger partial charge < -0.3 is 15.0 Å². The molecule has 0 bridgehead atoms. The third-order valence-electron chi connectivity index (χ3n) is 3.89. The highest BCUT2D eigenvalue weighted by Crippen LogP contribution is 2.35. The van der Waals surface area contributed by atoms with Gasteiger partial charge >= 0.3 is 18.3 Å². The van der Waals surface area contributed by atoms with Gasteiger partial charge in [-0.15, -0.1) is 0 Å². The van der Waals surface area contributed by atoms with Crippen LogP contribution in [0.25, 0.3) is 0 Å². The standard InChI is InChI=1S/C16H15F3N4O3S/c1-26-15(25)22-13-20-11-6-7-23(8-12(11)27-13)14(24)21-10-5-3-2-4-9(10)16(17,18)19/h2-5H,6-8H2,1H3,(H,21,24)(H,20,22,25). The monoisotopic (exact) mass is 400 g/mol. The lowest BCUT2D eigenvalue weighted by Gasteiger charge is -2.26. The third kappa shape index (κ3) is 4.30. The number of methoxy groups -OCH3 is 1. The van der Waals surface area contributed by atoms with E-state index in [0.717, 1.165) is 16.6 Å². The van der Waals surface area contributed by atoms with Gasteiger partial charge in [0.25, 0.3) is 0 Å². The maximum Gasteiger partial charge on any atom is 0.418 e. The van der Waals surface area contributed by atoms with Crippen LogP contribution < -0.4 is 10.6 Å². The summed E-state index contributed by atoms with van der Waals surface area (Å²) in [6.45, 7) is 0.490. The molecule has 7 nitrogen and oxygen atoms in total. The van der Waals surface area contributed by atoms with Gasteiger partial charge in [0.1, 0.15) is 0 Å². The summed E-state index contributed by atoms with van der Waals surface area (Å²) in [7, 11) is 1.23. The Hall–Kier alpha value is -2.82. The highest BCUT2D eigenvalue weighted by Gasteiger charge is 2.34. The van der Waals surface area contributed by atoms with Gasteiger partial charge in [-0.25, -0.2) is 14.6 Å². The van der Waals surface area contributed by atoms with E-state index < -0.39 is 23.9 Å². The molecule has 2 heterocycles. The number of anilines is 2. The van der Waals surface area contributed by atoms with Gasteiger partial charge in [0.05, 0.1) is 30.6 Å². The van der Waals surface area contributed by atoms with E-state index in [1.165, 1.54) is 41.5 Å². The SMILES string of the molecule is COC(=O)Nc1nc2c(s1)CN(C(=O)Nc1ccccc1C(F)(F)F)CC2. The summed E-state index contributed by atoms with van der Waals surface area (Å²) in [4.78, 5) is 30.1. The number of thiazole rings is 1. The molecule has 3 rings (SSSR count). The summed E-state index contributed by atoms with van der Waals surface area (Å²) in [5.74, 6) is 0. The van der Waals surface area contributed by atoms with E-state index in [2.05, 4.69) is 20.4 Å². The molecule has 1 aliphatic rings. The molecule has 2 aromatic rings. The predicted molar refractivity (Wildman–Crippen MR) is 92.7 cm³/mol. The first kappa shape index (κ1) is 19.0. The summed E-state index contributed by atoms with van der Waals surface area (Å²) in [6, 6.07) is 4.18. The number of hydrogen-bond acceptors (Lipinski definition) is 5. The number of urea groups is 1. The summed E-state index contributed by atoms with van der Waals surface area (Å²) in [5, 5.41) is 5.13. The second-order valence-corrected chi connectivity index (χ2v) is 6.73. The van der Waals surface area contributed by atoms with Crippen molar-refractivity contribution in [2.45, 2.75) is 19.1 Å². The van der Waals surface area contributed by atoms with Crippen LogP contribution in [0.5, 0.6) is 0 Å². The summed E-state index contributed by atoms with van der Waals surface area (Å²) < 4.78 is 43.7. The fourth-order valence-electron chi connectivity index (χ4n) is 2.59. The number of para-hydroxylation sites is 1. The van der Waals surface area contributed by atoms with Crippen LogP contribution in [0.1, 0.15) is 16.1 Å². The van der Waals surface area contributed by atoms with Crippen molar-refractivity contribution in [2.24, 2.45) is 0 Å². The summed E-state index contributed by atoms with van der Waals surface area (Å²) in [5.41, 5.74) is -0.456. The molecule has 0 fully saturated rings. The fraction of sp³-hybridized carbons (Fsp3) is 0.312. The molecular weight excluding hydrogens is 385 g/mol. The van der Waals surface area contributed by atoms with Crippen molar-refractivity contribution >= 4 is 34.3 Å². The van der Waals surface area contributed by atoms with Crippen LogP contribution in [-0.4, -0.2) is 35.7 Å². The molecule has 2 N–H and O–H groups in total. The second kappa shape index (κ2) is 7.43. The summed E-state index contributed by atoms with van der Waals surface area (Å²) in [6.07, 6.45) is -4.78. The molecule has 0 saturated heterocycles. The summed E-state index contributed by atoms with van der Waals surface area (Å²) >= 11 is 1.19. The van der Waals surface area contributed by atoms with Crippen molar-refractivity contribution in [2.75, 3.05) is 24.3 Å². The Labute approximate surface area is 156 Å². The van der Waals surface area contributed by atoms with Crippen LogP contribution in [-0.2, 0) is 23.9 Å². The van der Waals surface area contributed by atoms with E-state index in [1.54, 1.807) is 0 Å². The number of benzene rings is 1. The lowest BCUT2D eigenvalue weighted by Crippen LogP contribution is -2.38. The van der Waals surface area contributed by atoms with E-state index in [4.69, 9.17) is 0 Å². The minimum Gasteiger partial charge on any atom is -0.453 e. The molecule has 1 aromatic heterocycles. The van der Waals surface area contributed by atoms with Gasteiger partial charge in [0.2, 0.25) is 0 Å². The Kier molecular flexibility index (Phi) is 5.22. The number of fused-ring (bicyclic) bond motifs is 1. The zero-order valence-corrected chi connectivity index (χ0v) is 14.9. The fourth-order valence-corrected chi connectivity index (χ4v) is 3.60. The molecule has 0 saturated carbocycles. The van der Waals surface area contributed by atoms with Crippen molar-refractivity contribution in [3.05, 3.63) is 40.4 Å². The van der Waals surface area contributed by atoms with Gasteiger partial charge in [-0.1, -0.05) is 23.5 Å². The molecule has 1 aromatic carbocycles. The molecule has 0 spiro atoms. The number of ether oxygens (including phenoxy) is 1. The normalized spacial score (nSPS) is 13.7. The third-order valence-corrected chi connectivity index (χ3v) is 4.88. The Morgan fingerprint density at radius 1 is 1.26 bits per heavy atom. The van der Waals surface area contributed by atoms with E-state index in [0.29, 0.717) is 18.1 Å². The number of halogens is 3. The molecule has 11 heteroatoms. The number of carbonyl (C=O) groups excluding carboxylic acids is 2. The average Bonchev–Trinajstić information content (AvgIpc) is 3.02. The van der Waals surface area contributed by atoms with Crippen molar-refractivity contribution in [1.82, 2.24) is 9.88 Å². The molecule has 27 heavy (non-hydrogen) atoms. The molecule has 3 amide bonds. The largest absolute Gasteiger partial charge is 0.453 e. The van der Waals surface area contributed by atoms with E-state index >= 15 is 0 Å². The van der Waals surface area contributed by atoms with Gasteiger partial charge in [0, 0.05) is 17.8 Å². The van der Waals surface area contributed by atoms with E-state index in [9.17, 15) is 22.8 Å². The van der Waals surface area contributed by atoms with Crippen LogP contribution in [0, 0.1) is 0 Å². The highest BCUT2D eigenvalue weighted by molar-refractivity contribution is 7.15. The highest BCUT2D eigenvalue weighted by atomic mass is 32.1. The Bertz CT molecular complexity index is 869. The molecular formula is C16H15F3N4O3S. The minimum atomic E-state index is -4.56. The molecule has 1 aliphatic heterocycles. The predicted octanol–water partition coefficient (Wildman–Crippen LogP) is 3.93. The molecule has 0 radical (unpaired) electrons. The van der Waals surface area contributed by atoms with Crippen molar-refractivity contribution in [1.29, 1.82) is 0 Å². The number of amides is 3. The first-order valence-electron chi connectivity index (χ1n) is 7.83. The number of rotatable bonds is 2. The molecule has 144 valence electrons. The van der Waals surface area contributed by atoms with Crippen molar-refractivity contribution in [3.63, 3.8) is 0 Å². The topological polar surface area (TPSA) is 83.6 Å². The Morgan fingerprint density at radius 3 is 2.70 bits per heavy atom. The zero-order chi connectivity index (χ0) is 19.6. The van der Waals surface area contributed by atoms with E-state index in [-0.39, 0.29) is 12.2 Å². The number of aromatic nitrogens is 1. The number of nitrogens with one attached hydrogen (secondary N) is 2. The minimum absolute atomic E-state index is 0.190. The number of nitrogens with zero attached hydrogens (tertiary/aromatic N) is 2. The first-order chi connectivity index (χ1) is 12.8. The lowest BCUT2D eigenvalue weighted by molar-refractivity contribution is -0.136. The molecule has 0 aliphatic carbocycles. The van der Waals surface area contributed by atoms with Gasteiger partial charge in [0.15, 0.2) is 5.13 Å². The zero-order valence-electron chi connectivity index (χ0n) is 14.1. The number of alkyl halides is 3. The maximum absolute atomic E-state index is 13.1. The van der Waals surface area contributed by atoms with Crippen LogP contribution in [0.4, 0.5) is 33.6 Å². The Balaban J connectivity index is 1.71. The number of carbonyl (C=O) groups is 2. The maximum atomic E-state index is 13.1. The Morgan fingerprint density at radius 2 is 2.00 bits per heavy atom. The molecule has 0 unspecified atom stereocenters. The lowest BCUT2D eigenvalue weighted by atomic mass is 10.1.